The summed E-state index contributed by atoms with van der Waals surface area (Å²) in [6.45, 7) is 1.78. The average molecular weight is 392 g/mol. The van der Waals surface area contributed by atoms with Crippen LogP contribution in [-0.4, -0.2) is 40.0 Å². The minimum atomic E-state index is -0.745. The molecule has 1 aliphatic carbocycles. The number of carbonyl (C=O) groups is 3. The first-order valence-electron chi connectivity index (χ1n) is 8.85. The van der Waals surface area contributed by atoms with E-state index in [0.29, 0.717) is 12.0 Å². The summed E-state index contributed by atoms with van der Waals surface area (Å²) in [6.07, 6.45) is 0.384. The molecule has 0 heterocycles. The van der Waals surface area contributed by atoms with Crippen molar-refractivity contribution in [2.24, 2.45) is 0 Å². The molecular formula is C22H16O7. The summed E-state index contributed by atoms with van der Waals surface area (Å²) in [5.74, 6) is -3.38. The molecule has 0 bridgehead atoms. The van der Waals surface area contributed by atoms with Gasteiger partial charge in [0, 0.05) is 16.5 Å². The normalized spacial score (nSPS) is 12.6. The van der Waals surface area contributed by atoms with Crippen molar-refractivity contribution in [3.8, 4) is 17.2 Å². The van der Waals surface area contributed by atoms with E-state index in [1.54, 1.807) is 6.92 Å². The molecule has 4 rings (SSSR count). The Hall–Kier alpha value is -3.87. The van der Waals surface area contributed by atoms with E-state index in [-0.39, 0.29) is 50.1 Å². The van der Waals surface area contributed by atoms with Gasteiger partial charge in [-0.25, -0.2) is 4.79 Å². The second kappa shape index (κ2) is 6.34. The van der Waals surface area contributed by atoms with E-state index in [2.05, 4.69) is 0 Å². The third kappa shape index (κ3) is 2.40. The van der Waals surface area contributed by atoms with Gasteiger partial charge in [0.2, 0.25) is 5.78 Å². The van der Waals surface area contributed by atoms with E-state index in [1.165, 1.54) is 37.4 Å². The minimum absolute atomic E-state index is 0.00302. The lowest BCUT2D eigenvalue weighted by Crippen LogP contribution is -2.21. The largest absolute Gasteiger partial charge is 0.507 e. The molecule has 7 heteroatoms. The molecule has 0 amide bonds. The van der Waals surface area contributed by atoms with Crippen molar-refractivity contribution in [3.63, 3.8) is 0 Å². The van der Waals surface area contributed by atoms with Crippen molar-refractivity contribution in [1.82, 2.24) is 0 Å². The number of rotatable bonds is 2. The summed E-state index contributed by atoms with van der Waals surface area (Å²) in [6, 6.07) is 6.74. The predicted octanol–water partition coefficient (Wildman–Crippen LogP) is 3.08. The van der Waals surface area contributed by atoms with Gasteiger partial charge in [0.1, 0.15) is 17.2 Å². The van der Waals surface area contributed by atoms with Crippen LogP contribution in [0.1, 0.15) is 54.7 Å². The van der Waals surface area contributed by atoms with E-state index in [1.807, 2.05) is 0 Å². The van der Waals surface area contributed by atoms with Crippen molar-refractivity contribution < 1.29 is 34.4 Å². The zero-order valence-electron chi connectivity index (χ0n) is 15.6. The fourth-order valence-electron chi connectivity index (χ4n) is 3.88. The summed E-state index contributed by atoms with van der Waals surface area (Å²) in [5.41, 5.74) is -0.0892. The number of esters is 1. The van der Waals surface area contributed by atoms with Gasteiger partial charge in [0.05, 0.1) is 29.2 Å². The molecule has 0 saturated heterocycles. The Kier molecular flexibility index (Phi) is 4.04. The summed E-state index contributed by atoms with van der Waals surface area (Å²) in [4.78, 5) is 38.5. The Morgan fingerprint density at radius 1 is 0.966 bits per heavy atom. The first-order chi connectivity index (χ1) is 13.8. The van der Waals surface area contributed by atoms with Gasteiger partial charge in [-0.2, -0.15) is 0 Å². The van der Waals surface area contributed by atoms with Gasteiger partial charge >= 0.3 is 5.97 Å². The van der Waals surface area contributed by atoms with Crippen LogP contribution in [0.15, 0.2) is 30.3 Å². The van der Waals surface area contributed by atoms with E-state index < -0.39 is 23.3 Å². The van der Waals surface area contributed by atoms with Crippen molar-refractivity contribution in [3.05, 3.63) is 63.7 Å². The van der Waals surface area contributed by atoms with Crippen molar-refractivity contribution in [1.29, 1.82) is 0 Å². The Balaban J connectivity index is 2.17. The molecule has 0 atom stereocenters. The van der Waals surface area contributed by atoms with E-state index in [4.69, 9.17) is 4.74 Å². The molecule has 0 radical (unpaired) electrons. The topological polar surface area (TPSA) is 121 Å². The monoisotopic (exact) mass is 392 g/mol. The molecule has 0 saturated carbocycles. The molecule has 7 nitrogen and oxygen atoms in total. The summed E-state index contributed by atoms with van der Waals surface area (Å²) in [5, 5.41) is 31.4. The Labute approximate surface area is 164 Å². The van der Waals surface area contributed by atoms with Gasteiger partial charge in [-0.1, -0.05) is 19.1 Å². The van der Waals surface area contributed by atoms with E-state index in [9.17, 15) is 29.7 Å². The maximum Gasteiger partial charge on any atom is 0.338 e. The zero-order valence-corrected chi connectivity index (χ0v) is 15.6. The van der Waals surface area contributed by atoms with Gasteiger partial charge < -0.3 is 20.1 Å². The molecular weight excluding hydrogens is 376 g/mol. The Bertz CT molecular complexity index is 1250. The Morgan fingerprint density at radius 2 is 1.69 bits per heavy atom. The maximum absolute atomic E-state index is 13.0. The number of ether oxygens (including phenoxy) is 1. The molecule has 146 valence electrons. The number of fused-ring (bicyclic) bond motifs is 3. The van der Waals surface area contributed by atoms with Crippen LogP contribution in [0.3, 0.4) is 0 Å². The quantitative estimate of drug-likeness (QED) is 0.448. The highest BCUT2D eigenvalue weighted by Crippen LogP contribution is 2.45. The molecule has 0 fully saturated rings. The number of aromatic hydroxyl groups is 3. The molecule has 3 N–H and O–H groups in total. The van der Waals surface area contributed by atoms with Crippen LogP contribution in [-0.2, 0) is 11.2 Å². The maximum atomic E-state index is 13.0. The van der Waals surface area contributed by atoms with Crippen molar-refractivity contribution in [2.45, 2.75) is 13.3 Å². The molecule has 3 aromatic carbocycles. The molecule has 0 aromatic heterocycles. The molecule has 3 aromatic rings. The van der Waals surface area contributed by atoms with Crippen LogP contribution in [0.25, 0.3) is 10.8 Å². The summed E-state index contributed by atoms with van der Waals surface area (Å²) >= 11 is 0. The standard InChI is InChI=1S/C22H16O7/c1-3-9-7-14(24)17-11(15(9)22(28)29-2)8-12-18(21(17)27)20(26)16-10(19(12)25)5-4-6-13(16)23/h4-8,23-24,27H,3H2,1-2H3. The van der Waals surface area contributed by atoms with Crippen LogP contribution in [0.4, 0.5) is 0 Å². The number of hydrogen-bond donors (Lipinski definition) is 3. The van der Waals surface area contributed by atoms with E-state index >= 15 is 0 Å². The van der Waals surface area contributed by atoms with Crippen molar-refractivity contribution >= 4 is 28.3 Å². The predicted molar refractivity (Wildman–Crippen MR) is 103 cm³/mol. The van der Waals surface area contributed by atoms with Crippen LogP contribution in [0.2, 0.25) is 0 Å². The Morgan fingerprint density at radius 3 is 2.34 bits per heavy atom. The number of benzene rings is 3. The van der Waals surface area contributed by atoms with Crippen LogP contribution in [0.5, 0.6) is 17.2 Å². The molecule has 0 unspecified atom stereocenters. The zero-order chi connectivity index (χ0) is 21.0. The number of ketones is 2. The number of hydrogen-bond acceptors (Lipinski definition) is 7. The lowest BCUT2D eigenvalue weighted by atomic mass is 9.80. The van der Waals surface area contributed by atoms with Gasteiger partial charge in [-0.05, 0) is 30.2 Å². The highest BCUT2D eigenvalue weighted by Gasteiger charge is 2.36. The second-order valence-electron chi connectivity index (χ2n) is 6.70. The number of methoxy groups -OCH3 is 1. The van der Waals surface area contributed by atoms with Gasteiger partial charge in [0.15, 0.2) is 5.78 Å². The summed E-state index contributed by atoms with van der Waals surface area (Å²) in [7, 11) is 1.20. The fraction of sp³-hybridized carbons (Fsp3) is 0.136. The lowest BCUT2D eigenvalue weighted by molar-refractivity contribution is 0.0601. The molecule has 1 aliphatic rings. The van der Waals surface area contributed by atoms with Gasteiger partial charge in [-0.15, -0.1) is 0 Å². The third-order valence-corrected chi connectivity index (χ3v) is 5.21. The van der Waals surface area contributed by atoms with Gasteiger partial charge in [-0.3, -0.25) is 9.59 Å². The fourth-order valence-corrected chi connectivity index (χ4v) is 3.88. The smallest absolute Gasteiger partial charge is 0.338 e. The number of phenolic OH excluding ortho intramolecular Hbond substituents is 3. The molecule has 0 spiro atoms. The third-order valence-electron chi connectivity index (χ3n) is 5.21. The number of phenols is 3. The van der Waals surface area contributed by atoms with Gasteiger partial charge in [0.25, 0.3) is 0 Å². The van der Waals surface area contributed by atoms with Crippen LogP contribution in [0, 0.1) is 0 Å². The lowest BCUT2D eigenvalue weighted by Gasteiger charge is -2.22. The first-order valence-corrected chi connectivity index (χ1v) is 8.85. The second-order valence-corrected chi connectivity index (χ2v) is 6.70. The molecule has 0 aliphatic heterocycles. The van der Waals surface area contributed by atoms with Crippen molar-refractivity contribution in [2.75, 3.05) is 7.11 Å². The number of carbonyl (C=O) groups excluding carboxylic acids is 3. The highest BCUT2D eigenvalue weighted by atomic mass is 16.5. The number of aryl methyl sites for hydroxylation is 1. The minimum Gasteiger partial charge on any atom is -0.507 e. The SMILES string of the molecule is CCc1cc(O)c2c(O)c3c(cc2c1C(=O)OC)C(=O)c1cccc(O)c1C3=O. The van der Waals surface area contributed by atoms with Crippen LogP contribution < -0.4 is 0 Å². The first kappa shape index (κ1) is 18.5. The summed E-state index contributed by atoms with van der Waals surface area (Å²) < 4.78 is 4.84. The highest BCUT2D eigenvalue weighted by molar-refractivity contribution is 6.32. The average Bonchev–Trinajstić information content (AvgIpc) is 2.70. The van der Waals surface area contributed by atoms with E-state index in [0.717, 1.165) is 0 Å². The van der Waals surface area contributed by atoms with Crippen LogP contribution >= 0.6 is 0 Å². The molecule has 29 heavy (non-hydrogen) atoms.